The van der Waals surface area contributed by atoms with Crippen molar-refractivity contribution >= 4 is 11.8 Å². The summed E-state index contributed by atoms with van der Waals surface area (Å²) in [5.41, 5.74) is 3.56. The van der Waals surface area contributed by atoms with Crippen molar-refractivity contribution in [1.29, 1.82) is 0 Å². The number of methoxy groups -OCH3 is 2. The molecule has 0 aliphatic heterocycles. The molecule has 22 heavy (non-hydrogen) atoms. The molecule has 0 spiro atoms. The summed E-state index contributed by atoms with van der Waals surface area (Å²) < 4.78 is 10.5. The number of fused-ring (bicyclic) bond motifs is 1. The number of aryl methyl sites for hydroxylation is 1. The molecule has 0 bridgehead atoms. The summed E-state index contributed by atoms with van der Waals surface area (Å²) >= 11 is 1.69. The Morgan fingerprint density at radius 2 is 1.86 bits per heavy atom. The van der Waals surface area contributed by atoms with Crippen molar-refractivity contribution in [3.8, 4) is 11.4 Å². The highest BCUT2D eigenvalue weighted by molar-refractivity contribution is 7.99. The molecule has 4 nitrogen and oxygen atoms in total. The van der Waals surface area contributed by atoms with Crippen LogP contribution >= 0.6 is 11.8 Å². The zero-order valence-electron chi connectivity index (χ0n) is 12.9. The van der Waals surface area contributed by atoms with Crippen LogP contribution < -0.4 is 0 Å². The van der Waals surface area contributed by atoms with Crippen LogP contribution in [-0.4, -0.2) is 36.2 Å². The Labute approximate surface area is 135 Å². The van der Waals surface area contributed by atoms with Crippen molar-refractivity contribution in [3.05, 3.63) is 41.6 Å². The zero-order chi connectivity index (χ0) is 15.4. The van der Waals surface area contributed by atoms with Gasteiger partial charge in [0.1, 0.15) is 5.03 Å². The third-order valence-electron chi connectivity index (χ3n) is 3.81. The molecule has 0 saturated carbocycles. The monoisotopic (exact) mass is 316 g/mol. The van der Waals surface area contributed by atoms with Gasteiger partial charge in [0.2, 0.25) is 0 Å². The summed E-state index contributed by atoms with van der Waals surface area (Å²) in [4.78, 5) is 9.56. The Morgan fingerprint density at radius 1 is 1.09 bits per heavy atom. The van der Waals surface area contributed by atoms with Crippen LogP contribution in [0.4, 0.5) is 0 Å². The normalized spacial score (nSPS) is 13.6. The molecule has 0 atom stereocenters. The summed E-state index contributed by atoms with van der Waals surface area (Å²) in [6, 6.07) is 10.2. The minimum absolute atomic E-state index is 0.211. The first kappa shape index (κ1) is 15.5. The van der Waals surface area contributed by atoms with Crippen LogP contribution in [0, 0.1) is 0 Å². The highest BCUT2D eigenvalue weighted by Crippen LogP contribution is 2.32. The van der Waals surface area contributed by atoms with E-state index in [1.807, 2.05) is 18.2 Å². The Hall–Kier alpha value is -1.43. The van der Waals surface area contributed by atoms with Gasteiger partial charge in [0.15, 0.2) is 12.1 Å². The van der Waals surface area contributed by atoms with Crippen molar-refractivity contribution in [2.24, 2.45) is 0 Å². The number of benzene rings is 1. The van der Waals surface area contributed by atoms with Crippen LogP contribution in [0.3, 0.4) is 0 Å². The number of thioether (sulfide) groups is 1. The van der Waals surface area contributed by atoms with Gasteiger partial charge in [0.25, 0.3) is 0 Å². The summed E-state index contributed by atoms with van der Waals surface area (Å²) in [7, 11) is 3.32. The maximum absolute atomic E-state index is 5.27. The first-order valence-corrected chi connectivity index (χ1v) is 8.44. The molecule has 0 N–H and O–H groups in total. The molecule has 0 saturated heterocycles. The van der Waals surface area contributed by atoms with Crippen LogP contribution in [0.25, 0.3) is 11.4 Å². The predicted octanol–water partition coefficient (Wildman–Crippen LogP) is 3.34. The third-order valence-corrected chi connectivity index (χ3v) is 4.86. The topological polar surface area (TPSA) is 44.2 Å². The standard InChI is InChI=1S/C17H20N2O2S/c1-20-15(21-2)11-22-17-13-9-6-10-14(13)18-16(19-17)12-7-4-3-5-8-12/h3-5,7-8,15H,6,9-11H2,1-2H3. The fourth-order valence-electron chi connectivity index (χ4n) is 2.61. The van der Waals surface area contributed by atoms with E-state index in [2.05, 4.69) is 12.1 Å². The van der Waals surface area contributed by atoms with Gasteiger partial charge in [-0.2, -0.15) is 0 Å². The van der Waals surface area contributed by atoms with Crippen LogP contribution in [0.2, 0.25) is 0 Å². The fourth-order valence-corrected chi connectivity index (χ4v) is 3.72. The van der Waals surface area contributed by atoms with E-state index in [0.717, 1.165) is 41.4 Å². The molecule has 0 amide bonds. The minimum Gasteiger partial charge on any atom is -0.355 e. The van der Waals surface area contributed by atoms with E-state index in [-0.39, 0.29) is 6.29 Å². The lowest BCUT2D eigenvalue weighted by molar-refractivity contribution is -0.0842. The first-order valence-electron chi connectivity index (χ1n) is 7.45. The van der Waals surface area contributed by atoms with Gasteiger partial charge in [-0.25, -0.2) is 9.97 Å². The molecule has 3 rings (SSSR count). The van der Waals surface area contributed by atoms with Gasteiger partial charge in [0, 0.05) is 31.0 Å². The van der Waals surface area contributed by atoms with Gasteiger partial charge >= 0.3 is 0 Å². The largest absolute Gasteiger partial charge is 0.355 e. The van der Waals surface area contributed by atoms with E-state index in [0.29, 0.717) is 0 Å². The summed E-state index contributed by atoms with van der Waals surface area (Å²) in [6.07, 6.45) is 3.06. The number of nitrogens with zero attached hydrogens (tertiary/aromatic N) is 2. The average Bonchev–Trinajstić information content (AvgIpc) is 3.05. The minimum atomic E-state index is -0.211. The lowest BCUT2D eigenvalue weighted by Gasteiger charge is -2.14. The van der Waals surface area contributed by atoms with E-state index in [9.17, 15) is 0 Å². The zero-order valence-corrected chi connectivity index (χ0v) is 13.7. The average molecular weight is 316 g/mol. The first-order chi connectivity index (χ1) is 10.8. The molecule has 1 aliphatic rings. The van der Waals surface area contributed by atoms with Crippen molar-refractivity contribution < 1.29 is 9.47 Å². The second-order valence-corrected chi connectivity index (χ2v) is 6.22. The van der Waals surface area contributed by atoms with Crippen LogP contribution in [0.15, 0.2) is 35.4 Å². The molecular weight excluding hydrogens is 296 g/mol. The molecule has 1 aliphatic carbocycles. The molecule has 1 aromatic heterocycles. The van der Waals surface area contributed by atoms with Crippen LogP contribution in [0.5, 0.6) is 0 Å². The lowest BCUT2D eigenvalue weighted by Crippen LogP contribution is -2.16. The van der Waals surface area contributed by atoms with Gasteiger partial charge in [-0.3, -0.25) is 0 Å². The van der Waals surface area contributed by atoms with Crippen LogP contribution in [-0.2, 0) is 22.3 Å². The molecule has 2 aromatic rings. The quantitative estimate of drug-likeness (QED) is 0.464. The Bertz CT molecular complexity index is 630. The third kappa shape index (κ3) is 3.32. The summed E-state index contributed by atoms with van der Waals surface area (Å²) in [5.74, 6) is 1.54. The van der Waals surface area contributed by atoms with Gasteiger partial charge in [-0.1, -0.05) is 30.3 Å². The molecule has 0 fully saturated rings. The molecular formula is C17H20N2O2S. The van der Waals surface area contributed by atoms with E-state index in [1.54, 1.807) is 26.0 Å². The summed E-state index contributed by atoms with van der Waals surface area (Å²) in [6.45, 7) is 0. The Morgan fingerprint density at radius 3 is 2.59 bits per heavy atom. The summed E-state index contributed by atoms with van der Waals surface area (Å²) in [5, 5.41) is 1.07. The molecule has 5 heteroatoms. The number of aromatic nitrogens is 2. The molecule has 0 radical (unpaired) electrons. The second-order valence-electron chi connectivity index (χ2n) is 5.21. The number of hydrogen-bond donors (Lipinski definition) is 0. The highest BCUT2D eigenvalue weighted by atomic mass is 32.2. The van der Waals surface area contributed by atoms with Crippen molar-refractivity contribution in [2.75, 3.05) is 20.0 Å². The van der Waals surface area contributed by atoms with Crippen molar-refractivity contribution in [1.82, 2.24) is 9.97 Å². The van der Waals surface area contributed by atoms with E-state index in [4.69, 9.17) is 19.4 Å². The van der Waals surface area contributed by atoms with Gasteiger partial charge in [-0.15, -0.1) is 11.8 Å². The highest BCUT2D eigenvalue weighted by Gasteiger charge is 2.21. The molecule has 1 aromatic carbocycles. The lowest BCUT2D eigenvalue weighted by atomic mass is 10.2. The van der Waals surface area contributed by atoms with E-state index in [1.165, 1.54) is 11.3 Å². The predicted molar refractivity (Wildman–Crippen MR) is 88.0 cm³/mol. The van der Waals surface area contributed by atoms with Crippen molar-refractivity contribution in [2.45, 2.75) is 30.6 Å². The number of ether oxygens (including phenoxy) is 2. The molecule has 0 unspecified atom stereocenters. The van der Waals surface area contributed by atoms with Crippen LogP contribution in [0.1, 0.15) is 17.7 Å². The number of rotatable bonds is 6. The SMILES string of the molecule is COC(CSc1nc(-c2ccccc2)nc2c1CCC2)OC. The fraction of sp³-hybridized carbons (Fsp3) is 0.412. The molecule has 116 valence electrons. The van der Waals surface area contributed by atoms with E-state index >= 15 is 0 Å². The Balaban J connectivity index is 1.90. The second kappa shape index (κ2) is 7.22. The van der Waals surface area contributed by atoms with Crippen molar-refractivity contribution in [3.63, 3.8) is 0 Å². The molecule has 1 heterocycles. The maximum atomic E-state index is 5.27. The van der Waals surface area contributed by atoms with E-state index < -0.39 is 0 Å². The van der Waals surface area contributed by atoms with Gasteiger partial charge < -0.3 is 9.47 Å². The van der Waals surface area contributed by atoms with Gasteiger partial charge in [-0.05, 0) is 19.3 Å². The Kier molecular flexibility index (Phi) is 5.08. The smallest absolute Gasteiger partial charge is 0.166 e. The number of hydrogen-bond acceptors (Lipinski definition) is 5. The van der Waals surface area contributed by atoms with Gasteiger partial charge in [0.05, 0.1) is 5.75 Å². The maximum Gasteiger partial charge on any atom is 0.166 e.